The second kappa shape index (κ2) is 6.48. The Balaban J connectivity index is 1.42. The van der Waals surface area contributed by atoms with Gasteiger partial charge in [0.05, 0.1) is 16.0 Å². The Morgan fingerprint density at radius 1 is 1.15 bits per heavy atom. The van der Waals surface area contributed by atoms with Gasteiger partial charge < -0.3 is 4.98 Å². The van der Waals surface area contributed by atoms with Crippen molar-refractivity contribution >= 4 is 61.0 Å². The summed E-state index contributed by atoms with van der Waals surface area (Å²) < 4.78 is 2.08. The van der Waals surface area contributed by atoms with Gasteiger partial charge in [-0.3, -0.25) is 4.79 Å². The monoisotopic (exact) mass is 389 g/mol. The summed E-state index contributed by atoms with van der Waals surface area (Å²) >= 11 is 3.13. The number of ketones is 1. The zero-order chi connectivity index (χ0) is 18.4. The number of thiazole rings is 1. The Hall–Kier alpha value is -2.70. The quantitative estimate of drug-likeness (QED) is 0.321. The van der Waals surface area contributed by atoms with Crippen molar-refractivity contribution in [2.45, 2.75) is 11.3 Å². The first-order valence-electron chi connectivity index (χ1n) is 8.57. The van der Waals surface area contributed by atoms with E-state index in [2.05, 4.69) is 27.1 Å². The molecule has 0 aliphatic carbocycles. The second-order valence-corrected chi connectivity index (χ2v) is 8.71. The first-order valence-corrected chi connectivity index (χ1v) is 10.4. The van der Waals surface area contributed by atoms with Crippen LogP contribution in [0.5, 0.6) is 0 Å². The topological polar surface area (TPSA) is 58.6 Å². The van der Waals surface area contributed by atoms with E-state index in [-0.39, 0.29) is 5.78 Å². The number of benzene rings is 2. The molecule has 0 aliphatic heterocycles. The van der Waals surface area contributed by atoms with Crippen molar-refractivity contribution in [3.8, 4) is 0 Å². The predicted octanol–water partition coefficient (Wildman–Crippen LogP) is 5.61. The third-order valence-electron chi connectivity index (χ3n) is 4.51. The largest absolute Gasteiger partial charge is 0.339 e. The van der Waals surface area contributed by atoms with Crippen molar-refractivity contribution < 1.29 is 4.79 Å². The fourth-order valence-corrected chi connectivity index (χ4v) is 5.14. The van der Waals surface area contributed by atoms with Crippen LogP contribution in [0.15, 0.2) is 59.1 Å². The number of para-hydroxylation sites is 1. The molecule has 132 valence electrons. The van der Waals surface area contributed by atoms with E-state index < -0.39 is 0 Å². The van der Waals surface area contributed by atoms with Crippen LogP contribution >= 0.6 is 23.1 Å². The van der Waals surface area contributed by atoms with E-state index in [0.29, 0.717) is 5.75 Å². The zero-order valence-corrected chi connectivity index (χ0v) is 16.2. The lowest BCUT2D eigenvalue weighted by atomic mass is 10.1. The number of aryl methyl sites for hydroxylation is 1. The molecule has 0 fully saturated rings. The maximum absolute atomic E-state index is 12.7. The molecule has 0 amide bonds. The maximum Gasteiger partial charge on any atom is 0.173 e. The first kappa shape index (κ1) is 16.5. The minimum atomic E-state index is 0.108. The van der Waals surface area contributed by atoms with Gasteiger partial charge >= 0.3 is 0 Å². The molecule has 3 aromatic heterocycles. The summed E-state index contributed by atoms with van der Waals surface area (Å²) in [7, 11) is 0. The number of carbonyl (C=O) groups excluding carboxylic acids is 1. The highest BCUT2D eigenvalue weighted by Gasteiger charge is 2.12. The number of carbonyl (C=O) groups is 1. The second-order valence-electron chi connectivity index (χ2n) is 6.45. The molecule has 0 spiro atoms. The van der Waals surface area contributed by atoms with Crippen LogP contribution in [0.25, 0.3) is 32.2 Å². The van der Waals surface area contributed by atoms with Gasteiger partial charge in [0.1, 0.15) is 5.65 Å². The van der Waals surface area contributed by atoms with Gasteiger partial charge in [-0.1, -0.05) is 23.9 Å². The van der Waals surface area contributed by atoms with E-state index >= 15 is 0 Å². The Morgan fingerprint density at radius 3 is 2.93 bits per heavy atom. The van der Waals surface area contributed by atoms with Crippen LogP contribution in [0, 0.1) is 6.92 Å². The van der Waals surface area contributed by atoms with Crippen LogP contribution in [0.1, 0.15) is 15.9 Å². The number of nitrogens with one attached hydrogen (secondary N) is 1. The molecule has 4 nitrogen and oxygen atoms in total. The minimum Gasteiger partial charge on any atom is -0.339 e. The van der Waals surface area contributed by atoms with E-state index in [1.54, 1.807) is 11.3 Å². The van der Waals surface area contributed by atoms with Gasteiger partial charge in [0.25, 0.3) is 0 Å². The number of Topliss-reactive ketones (excluding diaryl/α,β-unsaturated/α-hetero) is 1. The van der Waals surface area contributed by atoms with Gasteiger partial charge in [0, 0.05) is 28.0 Å². The van der Waals surface area contributed by atoms with Gasteiger partial charge in [-0.25, -0.2) is 9.97 Å². The fourth-order valence-electron chi connectivity index (χ4n) is 3.17. The molecule has 27 heavy (non-hydrogen) atoms. The lowest BCUT2D eigenvalue weighted by Gasteiger charge is -2.00. The number of fused-ring (bicyclic) bond motifs is 4. The standard InChI is InChI=1S/C21H15N3OS2/c1-12-8-15-14-9-13(6-7-16(14)23-20(15)22-10-12)18(25)11-26-21-24-17-4-2-3-5-19(17)27-21/h2-10H,11H2,1H3,(H,22,23). The molecule has 0 radical (unpaired) electrons. The fraction of sp³-hybridized carbons (Fsp3) is 0.0952. The molecule has 5 aromatic rings. The van der Waals surface area contributed by atoms with Gasteiger partial charge in [-0.15, -0.1) is 11.3 Å². The molecule has 0 saturated carbocycles. The Labute approximate surface area is 163 Å². The average molecular weight is 390 g/mol. The van der Waals surface area contributed by atoms with Crippen LogP contribution in [0.2, 0.25) is 0 Å². The van der Waals surface area contributed by atoms with Gasteiger partial charge in [0.2, 0.25) is 0 Å². The summed E-state index contributed by atoms with van der Waals surface area (Å²) in [6.45, 7) is 2.02. The van der Waals surface area contributed by atoms with E-state index in [9.17, 15) is 4.79 Å². The van der Waals surface area contributed by atoms with Crippen molar-refractivity contribution in [3.63, 3.8) is 0 Å². The van der Waals surface area contributed by atoms with Crippen LogP contribution in [0.4, 0.5) is 0 Å². The number of aromatic nitrogens is 3. The van der Waals surface area contributed by atoms with Crippen molar-refractivity contribution in [1.29, 1.82) is 0 Å². The van der Waals surface area contributed by atoms with Gasteiger partial charge in [-0.05, 0) is 48.9 Å². The molecular formula is C21H15N3OS2. The van der Waals surface area contributed by atoms with Crippen LogP contribution < -0.4 is 0 Å². The smallest absolute Gasteiger partial charge is 0.173 e. The highest BCUT2D eigenvalue weighted by molar-refractivity contribution is 8.01. The van der Waals surface area contributed by atoms with E-state index in [4.69, 9.17) is 0 Å². The molecule has 6 heteroatoms. The molecule has 0 unspecified atom stereocenters. The number of nitrogens with zero attached hydrogens (tertiary/aromatic N) is 2. The van der Waals surface area contributed by atoms with Crippen molar-refractivity contribution in [2.75, 3.05) is 5.75 Å². The summed E-state index contributed by atoms with van der Waals surface area (Å²) in [6.07, 6.45) is 1.85. The summed E-state index contributed by atoms with van der Waals surface area (Å²) in [5.41, 5.74) is 4.66. The Morgan fingerprint density at radius 2 is 2.04 bits per heavy atom. The molecule has 0 saturated heterocycles. The Bertz CT molecular complexity index is 1290. The molecule has 5 rings (SSSR count). The van der Waals surface area contributed by atoms with Crippen LogP contribution in [-0.2, 0) is 0 Å². The average Bonchev–Trinajstić information content (AvgIpc) is 3.26. The number of H-pyrrole nitrogens is 1. The molecule has 0 aliphatic rings. The first-order chi connectivity index (χ1) is 13.2. The van der Waals surface area contributed by atoms with Crippen molar-refractivity contribution in [3.05, 3.63) is 65.9 Å². The number of aromatic amines is 1. The van der Waals surface area contributed by atoms with E-state index in [0.717, 1.165) is 47.6 Å². The van der Waals surface area contributed by atoms with Gasteiger partial charge in [-0.2, -0.15) is 0 Å². The number of hydrogen-bond acceptors (Lipinski definition) is 5. The number of hydrogen-bond donors (Lipinski definition) is 1. The highest BCUT2D eigenvalue weighted by Crippen LogP contribution is 2.30. The molecule has 3 heterocycles. The number of rotatable bonds is 4. The van der Waals surface area contributed by atoms with Gasteiger partial charge in [0.15, 0.2) is 10.1 Å². The number of pyridine rings is 1. The molecule has 2 aromatic carbocycles. The molecular weight excluding hydrogens is 374 g/mol. The van der Waals surface area contributed by atoms with Crippen LogP contribution in [0.3, 0.4) is 0 Å². The SMILES string of the molecule is Cc1cnc2[nH]c3ccc(C(=O)CSc4nc5ccccc5s4)cc3c2c1. The third-order valence-corrected chi connectivity index (χ3v) is 6.69. The molecule has 0 atom stereocenters. The highest BCUT2D eigenvalue weighted by atomic mass is 32.2. The lowest BCUT2D eigenvalue weighted by molar-refractivity contribution is 0.102. The lowest BCUT2D eigenvalue weighted by Crippen LogP contribution is -2.01. The normalized spacial score (nSPS) is 11.6. The predicted molar refractivity (Wildman–Crippen MR) is 113 cm³/mol. The van der Waals surface area contributed by atoms with E-state index in [1.165, 1.54) is 11.8 Å². The van der Waals surface area contributed by atoms with Crippen LogP contribution in [-0.4, -0.2) is 26.5 Å². The van der Waals surface area contributed by atoms with Crippen molar-refractivity contribution in [2.24, 2.45) is 0 Å². The zero-order valence-electron chi connectivity index (χ0n) is 14.5. The van der Waals surface area contributed by atoms with E-state index in [1.807, 2.05) is 49.5 Å². The minimum absolute atomic E-state index is 0.108. The van der Waals surface area contributed by atoms with Crippen molar-refractivity contribution in [1.82, 2.24) is 15.0 Å². The molecule has 1 N–H and O–H groups in total. The number of thioether (sulfide) groups is 1. The maximum atomic E-state index is 12.7. The summed E-state index contributed by atoms with van der Waals surface area (Å²) in [5, 5.41) is 2.09. The summed E-state index contributed by atoms with van der Waals surface area (Å²) in [6, 6.07) is 16.0. The Kier molecular flexibility index (Phi) is 3.95. The summed E-state index contributed by atoms with van der Waals surface area (Å²) in [5.74, 6) is 0.487. The summed E-state index contributed by atoms with van der Waals surface area (Å²) in [4.78, 5) is 25.1. The third kappa shape index (κ3) is 3.01. The molecule has 0 bridgehead atoms.